The predicted octanol–water partition coefficient (Wildman–Crippen LogP) is -0.107. The van der Waals surface area contributed by atoms with Gasteiger partial charge in [-0.05, 0) is 19.1 Å². The minimum absolute atomic E-state index is 0.130. The molecule has 18 heavy (non-hydrogen) atoms. The highest BCUT2D eigenvalue weighted by Crippen LogP contribution is 2.24. The number of aryl methyl sites for hydroxylation is 1. The van der Waals surface area contributed by atoms with Crippen LogP contribution in [0.25, 0.3) is 0 Å². The van der Waals surface area contributed by atoms with Crippen molar-refractivity contribution in [2.75, 3.05) is 11.5 Å². The van der Waals surface area contributed by atoms with Crippen molar-refractivity contribution >= 4 is 19.7 Å². The van der Waals surface area contributed by atoms with Crippen molar-refractivity contribution in [3.63, 3.8) is 0 Å². The van der Waals surface area contributed by atoms with E-state index >= 15 is 0 Å². The van der Waals surface area contributed by atoms with Gasteiger partial charge in [-0.15, -0.1) is 0 Å². The lowest BCUT2D eigenvalue weighted by Gasteiger charge is -2.14. The minimum atomic E-state index is -3.68. The molecule has 1 aliphatic heterocycles. The quantitative estimate of drug-likeness (QED) is 0.820. The van der Waals surface area contributed by atoms with E-state index in [9.17, 15) is 16.8 Å². The standard InChI is InChI=1S/C11H15NO4S2/c1-8-2-4-9(5-3-8)18(15,16)11-7-17(13,14)6-10(11)12/h2-5,10-11H,6-7,12H2,1H3. The van der Waals surface area contributed by atoms with Crippen molar-refractivity contribution in [3.8, 4) is 0 Å². The maximum atomic E-state index is 12.3. The molecule has 1 aliphatic rings. The lowest BCUT2D eigenvalue weighted by atomic mass is 10.2. The van der Waals surface area contributed by atoms with Crippen LogP contribution in [0.2, 0.25) is 0 Å². The van der Waals surface area contributed by atoms with Crippen LogP contribution in [0.3, 0.4) is 0 Å². The lowest BCUT2D eigenvalue weighted by molar-refractivity contribution is 0.574. The highest BCUT2D eigenvalue weighted by molar-refractivity contribution is 7.96. The molecule has 1 heterocycles. The first-order chi connectivity index (χ1) is 8.22. The Morgan fingerprint density at radius 1 is 1.17 bits per heavy atom. The molecule has 7 heteroatoms. The Bertz CT molecular complexity index is 647. The van der Waals surface area contributed by atoms with Gasteiger partial charge < -0.3 is 5.73 Å². The van der Waals surface area contributed by atoms with Gasteiger partial charge in [0.2, 0.25) is 0 Å². The summed E-state index contributed by atoms with van der Waals surface area (Å²) in [5.74, 6) is -0.646. The number of hydrogen-bond acceptors (Lipinski definition) is 5. The zero-order valence-electron chi connectivity index (χ0n) is 9.91. The molecule has 0 bridgehead atoms. The third-order valence-electron chi connectivity index (χ3n) is 3.09. The fourth-order valence-electron chi connectivity index (χ4n) is 2.06. The highest BCUT2D eigenvalue weighted by atomic mass is 32.2. The second-order valence-electron chi connectivity index (χ2n) is 4.64. The predicted molar refractivity (Wildman–Crippen MR) is 68.8 cm³/mol. The van der Waals surface area contributed by atoms with Gasteiger partial charge in [-0.3, -0.25) is 0 Å². The average molecular weight is 289 g/mol. The summed E-state index contributed by atoms with van der Waals surface area (Å²) < 4.78 is 47.5. The van der Waals surface area contributed by atoms with Gasteiger partial charge in [-0.2, -0.15) is 0 Å². The highest BCUT2D eigenvalue weighted by Gasteiger charge is 2.43. The SMILES string of the molecule is Cc1ccc(S(=O)(=O)C2CS(=O)(=O)CC2N)cc1. The van der Waals surface area contributed by atoms with Crippen LogP contribution in [-0.4, -0.2) is 39.6 Å². The Hall–Kier alpha value is -0.920. The lowest BCUT2D eigenvalue weighted by Crippen LogP contribution is -2.39. The van der Waals surface area contributed by atoms with Crippen LogP contribution >= 0.6 is 0 Å². The molecule has 2 N–H and O–H groups in total. The molecule has 0 spiro atoms. The Labute approximate surface area is 107 Å². The Morgan fingerprint density at radius 3 is 2.17 bits per heavy atom. The fourth-order valence-corrected chi connectivity index (χ4v) is 6.65. The van der Waals surface area contributed by atoms with Crippen molar-refractivity contribution in [1.82, 2.24) is 0 Å². The van der Waals surface area contributed by atoms with Gasteiger partial charge in [0, 0.05) is 6.04 Å². The fraction of sp³-hybridized carbons (Fsp3) is 0.455. The van der Waals surface area contributed by atoms with Gasteiger partial charge in [-0.25, -0.2) is 16.8 Å². The number of rotatable bonds is 2. The molecule has 0 aliphatic carbocycles. The van der Waals surface area contributed by atoms with Crippen molar-refractivity contribution < 1.29 is 16.8 Å². The summed E-state index contributed by atoms with van der Waals surface area (Å²) in [6.07, 6.45) is 0. The van der Waals surface area contributed by atoms with E-state index < -0.39 is 31.0 Å². The third-order valence-corrected chi connectivity index (χ3v) is 7.30. The van der Waals surface area contributed by atoms with Crippen LogP contribution < -0.4 is 5.73 Å². The first kappa shape index (κ1) is 13.5. The minimum Gasteiger partial charge on any atom is -0.326 e. The summed E-state index contributed by atoms with van der Waals surface area (Å²) in [7, 11) is -7.03. The molecule has 5 nitrogen and oxygen atoms in total. The molecule has 1 aromatic carbocycles. The molecule has 0 aromatic heterocycles. The van der Waals surface area contributed by atoms with Crippen LogP contribution in [0.4, 0.5) is 0 Å². The van der Waals surface area contributed by atoms with Crippen molar-refractivity contribution in [2.24, 2.45) is 5.73 Å². The summed E-state index contributed by atoms with van der Waals surface area (Å²) in [6.45, 7) is 1.85. The van der Waals surface area contributed by atoms with Gasteiger partial charge in [0.15, 0.2) is 19.7 Å². The van der Waals surface area contributed by atoms with Gasteiger partial charge >= 0.3 is 0 Å². The molecule has 0 saturated carbocycles. The number of hydrogen-bond donors (Lipinski definition) is 1. The molecule has 0 amide bonds. The molecule has 1 saturated heterocycles. The molecule has 2 atom stereocenters. The Balaban J connectivity index is 2.41. The molecular formula is C11H15NO4S2. The maximum Gasteiger partial charge on any atom is 0.183 e. The van der Waals surface area contributed by atoms with Crippen molar-refractivity contribution in [3.05, 3.63) is 29.8 Å². The smallest absolute Gasteiger partial charge is 0.183 e. The number of benzene rings is 1. The van der Waals surface area contributed by atoms with Gasteiger partial charge in [0.1, 0.15) is 0 Å². The maximum absolute atomic E-state index is 12.3. The second-order valence-corrected chi connectivity index (χ2v) is 8.96. The van der Waals surface area contributed by atoms with Crippen molar-refractivity contribution in [1.29, 1.82) is 0 Å². The number of nitrogens with two attached hydrogens (primary N) is 1. The van der Waals surface area contributed by atoms with Gasteiger partial charge in [-0.1, -0.05) is 17.7 Å². The normalized spacial score (nSPS) is 27.2. The molecule has 100 valence electrons. The average Bonchev–Trinajstić information content (AvgIpc) is 2.53. The molecule has 1 aromatic rings. The summed E-state index contributed by atoms with van der Waals surface area (Å²) >= 11 is 0. The van der Waals surface area contributed by atoms with Crippen LogP contribution in [0.5, 0.6) is 0 Å². The van der Waals surface area contributed by atoms with Crippen molar-refractivity contribution in [2.45, 2.75) is 23.1 Å². The summed E-state index contributed by atoms with van der Waals surface area (Å²) in [5.41, 5.74) is 6.59. The van der Waals surface area contributed by atoms with E-state index in [-0.39, 0.29) is 16.4 Å². The molecule has 2 unspecified atom stereocenters. The van der Waals surface area contributed by atoms with E-state index in [1.54, 1.807) is 12.1 Å². The Morgan fingerprint density at radius 2 is 1.72 bits per heavy atom. The largest absolute Gasteiger partial charge is 0.326 e. The third kappa shape index (κ3) is 2.43. The molecule has 1 fully saturated rings. The Kier molecular flexibility index (Phi) is 3.25. The van der Waals surface area contributed by atoms with E-state index in [0.29, 0.717) is 0 Å². The first-order valence-corrected chi connectivity index (χ1v) is 8.86. The zero-order chi connectivity index (χ0) is 13.6. The summed E-state index contributed by atoms with van der Waals surface area (Å²) in [4.78, 5) is 0.130. The van der Waals surface area contributed by atoms with E-state index in [4.69, 9.17) is 5.73 Å². The summed E-state index contributed by atoms with van der Waals surface area (Å²) in [5, 5.41) is -1.04. The first-order valence-electron chi connectivity index (χ1n) is 5.49. The zero-order valence-corrected chi connectivity index (χ0v) is 11.5. The molecular weight excluding hydrogens is 274 g/mol. The van der Waals surface area contributed by atoms with Gasteiger partial charge in [0.25, 0.3) is 0 Å². The second kappa shape index (κ2) is 4.32. The number of sulfone groups is 2. The van der Waals surface area contributed by atoms with Gasteiger partial charge in [0.05, 0.1) is 21.7 Å². The van der Waals surface area contributed by atoms with Crippen LogP contribution in [0.1, 0.15) is 5.56 Å². The monoisotopic (exact) mass is 289 g/mol. The topological polar surface area (TPSA) is 94.3 Å². The van der Waals surface area contributed by atoms with E-state index in [0.717, 1.165) is 5.56 Å². The van der Waals surface area contributed by atoms with Crippen LogP contribution in [-0.2, 0) is 19.7 Å². The van der Waals surface area contributed by atoms with E-state index in [1.807, 2.05) is 6.92 Å². The van der Waals surface area contributed by atoms with Crippen LogP contribution in [0, 0.1) is 6.92 Å². The van der Waals surface area contributed by atoms with Crippen LogP contribution in [0.15, 0.2) is 29.2 Å². The molecule has 0 radical (unpaired) electrons. The van der Waals surface area contributed by atoms with E-state index in [2.05, 4.69) is 0 Å². The van der Waals surface area contributed by atoms with E-state index in [1.165, 1.54) is 12.1 Å². The summed E-state index contributed by atoms with van der Waals surface area (Å²) in [6, 6.07) is 5.50. The molecule has 2 rings (SSSR count).